The lowest BCUT2D eigenvalue weighted by atomic mass is 10.0. The molecule has 3 rings (SSSR count). The highest BCUT2D eigenvalue weighted by atomic mass is 16.5. The van der Waals surface area contributed by atoms with Gasteiger partial charge in [0.25, 0.3) is 0 Å². The molecule has 2 heterocycles. The second-order valence-corrected chi connectivity index (χ2v) is 5.55. The van der Waals surface area contributed by atoms with Crippen LogP contribution in [0, 0.1) is 0 Å². The maximum atomic E-state index is 5.95. The second kappa shape index (κ2) is 4.87. The first-order chi connectivity index (χ1) is 8.75. The predicted molar refractivity (Wildman–Crippen MR) is 73.2 cm³/mol. The van der Waals surface area contributed by atoms with Crippen LogP contribution >= 0.6 is 0 Å². The van der Waals surface area contributed by atoms with Crippen LogP contribution in [0.25, 0.3) is 0 Å². The molecule has 0 N–H and O–H groups in total. The maximum absolute atomic E-state index is 5.95. The number of benzene rings is 1. The topological polar surface area (TPSA) is 12.5 Å². The highest BCUT2D eigenvalue weighted by Gasteiger charge is 2.43. The molecule has 2 aliphatic rings. The van der Waals surface area contributed by atoms with Crippen molar-refractivity contribution in [3.05, 3.63) is 48.0 Å². The van der Waals surface area contributed by atoms with Crippen molar-refractivity contribution >= 4 is 0 Å². The van der Waals surface area contributed by atoms with Crippen molar-refractivity contribution in [2.45, 2.75) is 44.5 Å². The summed E-state index contributed by atoms with van der Waals surface area (Å²) in [5.74, 6) is 0. The Balaban J connectivity index is 1.82. The molecule has 2 aliphatic heterocycles. The Morgan fingerprint density at radius 2 is 2.11 bits per heavy atom. The predicted octanol–water partition coefficient (Wildman–Crippen LogP) is 3.51. The molecule has 18 heavy (non-hydrogen) atoms. The van der Waals surface area contributed by atoms with Crippen molar-refractivity contribution in [3.8, 4) is 0 Å². The fraction of sp³-hybridized carbons (Fsp3) is 0.500. The van der Waals surface area contributed by atoms with Gasteiger partial charge in [-0.25, -0.2) is 0 Å². The zero-order valence-electron chi connectivity index (χ0n) is 11.0. The first-order valence-corrected chi connectivity index (χ1v) is 6.84. The first-order valence-electron chi connectivity index (χ1n) is 6.84. The molecule has 2 nitrogen and oxygen atoms in total. The van der Waals surface area contributed by atoms with Crippen LogP contribution in [0.3, 0.4) is 0 Å². The van der Waals surface area contributed by atoms with Crippen molar-refractivity contribution in [1.29, 1.82) is 0 Å². The van der Waals surface area contributed by atoms with Crippen LogP contribution in [0.5, 0.6) is 0 Å². The lowest BCUT2D eigenvalue weighted by Crippen LogP contribution is -2.34. The Bertz CT molecular complexity index is 428. The summed E-state index contributed by atoms with van der Waals surface area (Å²) in [5.41, 5.74) is 2.66. The summed E-state index contributed by atoms with van der Waals surface area (Å²) in [6, 6.07) is 11.8. The number of ether oxygens (including phenoxy) is 1. The van der Waals surface area contributed by atoms with Gasteiger partial charge in [-0.1, -0.05) is 35.9 Å². The minimum Gasteiger partial charge on any atom is -0.361 e. The van der Waals surface area contributed by atoms with Gasteiger partial charge in [0.1, 0.15) is 6.23 Å². The fourth-order valence-electron chi connectivity index (χ4n) is 3.33. The Morgan fingerprint density at radius 3 is 2.83 bits per heavy atom. The van der Waals surface area contributed by atoms with Crippen molar-refractivity contribution in [2.75, 3.05) is 6.61 Å². The highest BCUT2D eigenvalue weighted by Crippen LogP contribution is 2.41. The monoisotopic (exact) mass is 243 g/mol. The van der Waals surface area contributed by atoms with E-state index in [0.29, 0.717) is 18.3 Å². The molecule has 0 amide bonds. The fourth-order valence-corrected chi connectivity index (χ4v) is 3.33. The van der Waals surface area contributed by atoms with Gasteiger partial charge in [-0.05, 0) is 31.7 Å². The van der Waals surface area contributed by atoms with Gasteiger partial charge in [0, 0.05) is 6.04 Å². The normalized spacial score (nSPS) is 31.5. The molecule has 0 aromatic heterocycles. The molecule has 2 heteroatoms. The van der Waals surface area contributed by atoms with E-state index in [0.717, 1.165) is 13.0 Å². The van der Waals surface area contributed by atoms with Gasteiger partial charge in [0.2, 0.25) is 0 Å². The van der Waals surface area contributed by atoms with Crippen LogP contribution in [0.1, 0.15) is 37.8 Å². The Morgan fingerprint density at radius 1 is 1.33 bits per heavy atom. The third-order valence-corrected chi connectivity index (χ3v) is 4.08. The van der Waals surface area contributed by atoms with Crippen molar-refractivity contribution in [3.63, 3.8) is 0 Å². The van der Waals surface area contributed by atoms with Crippen LogP contribution in [-0.2, 0) is 4.74 Å². The van der Waals surface area contributed by atoms with Crippen molar-refractivity contribution in [1.82, 2.24) is 4.90 Å². The minimum absolute atomic E-state index is 0.333. The van der Waals surface area contributed by atoms with Gasteiger partial charge in [0.15, 0.2) is 0 Å². The van der Waals surface area contributed by atoms with Gasteiger partial charge >= 0.3 is 0 Å². The third kappa shape index (κ3) is 2.11. The largest absolute Gasteiger partial charge is 0.361 e. The molecule has 1 aromatic carbocycles. The number of hydrogen-bond donors (Lipinski definition) is 0. The first kappa shape index (κ1) is 11.9. The van der Waals surface area contributed by atoms with E-state index in [1.165, 1.54) is 24.0 Å². The summed E-state index contributed by atoms with van der Waals surface area (Å²) in [6.45, 7) is 7.02. The molecule has 2 fully saturated rings. The van der Waals surface area contributed by atoms with E-state index in [-0.39, 0.29) is 0 Å². The van der Waals surface area contributed by atoms with Crippen LogP contribution < -0.4 is 0 Å². The summed E-state index contributed by atoms with van der Waals surface area (Å²) in [7, 11) is 0. The van der Waals surface area contributed by atoms with E-state index >= 15 is 0 Å². The van der Waals surface area contributed by atoms with Gasteiger partial charge in [0.05, 0.1) is 12.6 Å². The van der Waals surface area contributed by atoms with E-state index < -0.39 is 0 Å². The molecule has 0 saturated carbocycles. The highest BCUT2D eigenvalue weighted by molar-refractivity contribution is 5.21. The third-order valence-electron chi connectivity index (χ3n) is 4.08. The summed E-state index contributed by atoms with van der Waals surface area (Å²) in [5, 5.41) is 0. The lowest BCUT2D eigenvalue weighted by molar-refractivity contribution is 0.0461. The standard InChI is InChI=1S/C16H21NO/c1-12(2)10-14-8-9-16-17(14)15(11-18-16)13-6-4-3-5-7-13/h3-7,14-16H,1,8-11H2,2H3. The number of fused-ring (bicyclic) bond motifs is 1. The van der Waals surface area contributed by atoms with Gasteiger partial charge < -0.3 is 4.74 Å². The molecule has 1 aromatic rings. The molecular formula is C16H21NO. The molecule has 0 aliphatic carbocycles. The van der Waals surface area contributed by atoms with E-state index in [9.17, 15) is 0 Å². The van der Waals surface area contributed by atoms with E-state index in [1.54, 1.807) is 0 Å². The molecule has 2 saturated heterocycles. The molecule has 3 atom stereocenters. The van der Waals surface area contributed by atoms with E-state index in [4.69, 9.17) is 4.74 Å². The smallest absolute Gasteiger partial charge is 0.111 e. The minimum atomic E-state index is 0.333. The average Bonchev–Trinajstić information content (AvgIpc) is 2.93. The zero-order chi connectivity index (χ0) is 12.5. The van der Waals surface area contributed by atoms with Crippen molar-refractivity contribution in [2.24, 2.45) is 0 Å². The molecule has 3 unspecified atom stereocenters. The summed E-state index contributed by atoms with van der Waals surface area (Å²) < 4.78 is 5.95. The average molecular weight is 243 g/mol. The molecular weight excluding hydrogens is 222 g/mol. The Hall–Kier alpha value is -1.12. The molecule has 0 radical (unpaired) electrons. The molecule has 0 spiro atoms. The van der Waals surface area contributed by atoms with E-state index in [1.807, 2.05) is 0 Å². The molecule has 96 valence electrons. The van der Waals surface area contributed by atoms with E-state index in [2.05, 4.69) is 48.7 Å². The zero-order valence-corrected chi connectivity index (χ0v) is 11.0. The Labute approximate surface area is 109 Å². The summed E-state index contributed by atoms with van der Waals surface area (Å²) >= 11 is 0. The van der Waals surface area contributed by atoms with Crippen LogP contribution in [-0.4, -0.2) is 23.8 Å². The van der Waals surface area contributed by atoms with Gasteiger partial charge in [-0.15, -0.1) is 6.58 Å². The second-order valence-electron chi connectivity index (χ2n) is 5.55. The number of hydrogen-bond acceptors (Lipinski definition) is 2. The lowest BCUT2D eigenvalue weighted by Gasteiger charge is -2.29. The quantitative estimate of drug-likeness (QED) is 0.753. The number of rotatable bonds is 3. The summed E-state index contributed by atoms with van der Waals surface area (Å²) in [6.07, 6.45) is 3.84. The number of nitrogens with zero attached hydrogens (tertiary/aromatic N) is 1. The summed E-state index contributed by atoms with van der Waals surface area (Å²) in [4.78, 5) is 2.57. The SMILES string of the molecule is C=C(C)CC1CCC2OCC(c3ccccc3)N12. The molecule has 0 bridgehead atoms. The van der Waals surface area contributed by atoms with Crippen LogP contribution in [0.4, 0.5) is 0 Å². The van der Waals surface area contributed by atoms with Crippen LogP contribution in [0.2, 0.25) is 0 Å². The van der Waals surface area contributed by atoms with Crippen LogP contribution in [0.15, 0.2) is 42.5 Å². The van der Waals surface area contributed by atoms with Gasteiger partial charge in [-0.2, -0.15) is 0 Å². The van der Waals surface area contributed by atoms with Crippen molar-refractivity contribution < 1.29 is 4.74 Å². The van der Waals surface area contributed by atoms with Gasteiger partial charge in [-0.3, -0.25) is 4.90 Å². The Kier molecular flexibility index (Phi) is 3.23. The maximum Gasteiger partial charge on any atom is 0.111 e.